The molecule has 4 heteroatoms. The number of carbonyl (C=O) groups is 1. The van der Waals surface area contributed by atoms with Crippen LogP contribution in [0, 0.1) is 11.3 Å². The summed E-state index contributed by atoms with van der Waals surface area (Å²) < 4.78 is 11.1. The first-order valence-electron chi connectivity index (χ1n) is 7.67. The molecule has 19 heavy (non-hydrogen) atoms. The van der Waals surface area contributed by atoms with E-state index in [-0.39, 0.29) is 23.3 Å². The molecule has 0 aromatic heterocycles. The minimum absolute atomic E-state index is 0.0533. The van der Waals surface area contributed by atoms with Crippen LogP contribution in [-0.4, -0.2) is 37.9 Å². The Morgan fingerprint density at radius 2 is 2.11 bits per heavy atom. The summed E-state index contributed by atoms with van der Waals surface area (Å²) in [6, 6.07) is 0.271. The highest BCUT2D eigenvalue weighted by atomic mass is 16.5. The molecule has 0 bridgehead atoms. The number of carbonyl (C=O) groups excluding carboxylic acids is 1. The quantitative estimate of drug-likeness (QED) is 0.803. The van der Waals surface area contributed by atoms with Crippen LogP contribution in [0.2, 0.25) is 0 Å². The van der Waals surface area contributed by atoms with E-state index in [0.29, 0.717) is 12.7 Å². The molecule has 1 aliphatic carbocycles. The third kappa shape index (κ3) is 2.65. The van der Waals surface area contributed by atoms with E-state index in [1.807, 2.05) is 6.92 Å². The Bertz CT molecular complexity index is 309. The molecule has 0 aromatic rings. The van der Waals surface area contributed by atoms with E-state index in [9.17, 15) is 4.79 Å². The summed E-state index contributed by atoms with van der Waals surface area (Å²) in [7, 11) is 0. The zero-order chi connectivity index (χ0) is 13.9. The molecule has 4 nitrogen and oxygen atoms in total. The third-order valence-corrected chi connectivity index (χ3v) is 5.09. The van der Waals surface area contributed by atoms with Crippen LogP contribution in [0.5, 0.6) is 0 Å². The second-order valence-corrected chi connectivity index (χ2v) is 5.74. The first-order valence-corrected chi connectivity index (χ1v) is 7.67. The highest BCUT2D eigenvalue weighted by Crippen LogP contribution is 2.49. The molecule has 1 saturated carbocycles. The van der Waals surface area contributed by atoms with Crippen LogP contribution >= 0.6 is 0 Å². The Morgan fingerprint density at radius 3 is 2.63 bits per heavy atom. The summed E-state index contributed by atoms with van der Waals surface area (Å²) in [5.41, 5.74) is 0.130. The van der Waals surface area contributed by atoms with Gasteiger partial charge < -0.3 is 14.8 Å². The third-order valence-electron chi connectivity index (χ3n) is 5.09. The van der Waals surface area contributed by atoms with Gasteiger partial charge in [0, 0.05) is 24.7 Å². The van der Waals surface area contributed by atoms with Gasteiger partial charge in [-0.15, -0.1) is 0 Å². The van der Waals surface area contributed by atoms with Gasteiger partial charge in [0.15, 0.2) is 0 Å². The van der Waals surface area contributed by atoms with Gasteiger partial charge in [0.05, 0.1) is 18.6 Å². The predicted octanol–water partition coefficient (Wildman–Crippen LogP) is 2.12. The Kier molecular flexibility index (Phi) is 4.85. The van der Waals surface area contributed by atoms with Gasteiger partial charge in [-0.2, -0.15) is 0 Å². The van der Waals surface area contributed by atoms with Gasteiger partial charge in [-0.3, -0.25) is 4.79 Å². The molecule has 2 rings (SSSR count). The fourth-order valence-corrected chi connectivity index (χ4v) is 3.61. The van der Waals surface area contributed by atoms with Crippen LogP contribution in [0.25, 0.3) is 0 Å². The van der Waals surface area contributed by atoms with Gasteiger partial charge >= 0.3 is 0 Å². The molecule has 0 aromatic carbocycles. The van der Waals surface area contributed by atoms with E-state index in [1.54, 1.807) is 0 Å². The molecule has 1 N–H and O–H groups in total. The summed E-state index contributed by atoms with van der Waals surface area (Å²) in [4.78, 5) is 12.2. The Balaban J connectivity index is 1.94. The lowest BCUT2D eigenvalue weighted by atomic mass is 9.58. The van der Waals surface area contributed by atoms with Crippen molar-refractivity contribution in [1.29, 1.82) is 0 Å². The maximum Gasteiger partial charge on any atom is 0.225 e. The van der Waals surface area contributed by atoms with Gasteiger partial charge in [0.2, 0.25) is 5.91 Å². The Morgan fingerprint density at radius 1 is 1.37 bits per heavy atom. The van der Waals surface area contributed by atoms with Crippen LogP contribution in [-0.2, 0) is 14.3 Å². The Hall–Kier alpha value is -0.610. The van der Waals surface area contributed by atoms with Crippen LogP contribution in [0.15, 0.2) is 0 Å². The number of amides is 1. The van der Waals surface area contributed by atoms with Gasteiger partial charge in [-0.05, 0) is 32.6 Å². The second-order valence-electron chi connectivity index (χ2n) is 5.74. The van der Waals surface area contributed by atoms with Gasteiger partial charge in [-0.1, -0.05) is 13.8 Å². The largest absolute Gasteiger partial charge is 0.381 e. The van der Waals surface area contributed by atoms with E-state index in [4.69, 9.17) is 9.47 Å². The zero-order valence-corrected chi connectivity index (χ0v) is 12.4. The molecule has 3 atom stereocenters. The molecule has 0 unspecified atom stereocenters. The van der Waals surface area contributed by atoms with E-state index >= 15 is 0 Å². The summed E-state index contributed by atoms with van der Waals surface area (Å²) in [5.74, 6) is 0.223. The van der Waals surface area contributed by atoms with Crippen molar-refractivity contribution < 1.29 is 14.3 Å². The second kappa shape index (κ2) is 6.23. The average Bonchev–Trinajstić information content (AvgIpc) is 2.93. The number of hydrogen-bond acceptors (Lipinski definition) is 3. The normalized spacial score (nSPS) is 32.9. The first-order chi connectivity index (χ1) is 9.17. The van der Waals surface area contributed by atoms with Gasteiger partial charge in [0.1, 0.15) is 0 Å². The van der Waals surface area contributed by atoms with Crippen LogP contribution < -0.4 is 5.32 Å². The average molecular weight is 269 g/mol. The Labute approximate surface area is 116 Å². The standard InChI is InChI=1S/C15H27NO3/c1-4-15(5-2)12(9-13(15)19-6-3)16-14(17)11-7-8-18-10-11/h11-13H,4-10H2,1-3H3,(H,16,17)/t11-,12-,13-/m1/s1. The summed E-state index contributed by atoms with van der Waals surface area (Å²) >= 11 is 0. The summed E-state index contributed by atoms with van der Waals surface area (Å²) in [6.07, 6.45) is 4.23. The molecule has 2 aliphatic rings. The lowest BCUT2D eigenvalue weighted by molar-refractivity contribution is -0.150. The lowest BCUT2D eigenvalue weighted by Gasteiger charge is -2.55. The smallest absolute Gasteiger partial charge is 0.225 e. The maximum atomic E-state index is 12.2. The van der Waals surface area contributed by atoms with E-state index in [0.717, 1.165) is 38.9 Å². The van der Waals surface area contributed by atoms with Gasteiger partial charge in [0.25, 0.3) is 0 Å². The minimum atomic E-state index is 0.0533. The number of hydrogen-bond donors (Lipinski definition) is 1. The van der Waals surface area contributed by atoms with Crippen molar-refractivity contribution in [2.24, 2.45) is 11.3 Å². The van der Waals surface area contributed by atoms with E-state index in [1.165, 1.54) is 0 Å². The molecule has 1 saturated heterocycles. The van der Waals surface area contributed by atoms with E-state index in [2.05, 4.69) is 19.2 Å². The molecule has 1 aliphatic heterocycles. The van der Waals surface area contributed by atoms with Crippen molar-refractivity contribution in [3.8, 4) is 0 Å². The molecule has 2 fully saturated rings. The molecule has 0 radical (unpaired) electrons. The molecular weight excluding hydrogens is 242 g/mol. The molecule has 0 spiro atoms. The van der Waals surface area contributed by atoms with Gasteiger partial charge in [-0.25, -0.2) is 0 Å². The van der Waals surface area contributed by atoms with Crippen molar-refractivity contribution in [3.05, 3.63) is 0 Å². The molecule has 1 amide bonds. The van der Waals surface area contributed by atoms with Crippen molar-refractivity contribution in [1.82, 2.24) is 5.32 Å². The highest BCUT2D eigenvalue weighted by Gasteiger charge is 2.54. The van der Waals surface area contributed by atoms with Crippen molar-refractivity contribution in [2.45, 2.75) is 58.6 Å². The van der Waals surface area contributed by atoms with Crippen LogP contribution in [0.4, 0.5) is 0 Å². The van der Waals surface area contributed by atoms with Crippen LogP contribution in [0.1, 0.15) is 46.5 Å². The fraction of sp³-hybridized carbons (Fsp3) is 0.933. The number of nitrogens with one attached hydrogen (secondary N) is 1. The monoisotopic (exact) mass is 269 g/mol. The molecule has 1 heterocycles. The minimum Gasteiger partial charge on any atom is -0.381 e. The lowest BCUT2D eigenvalue weighted by Crippen LogP contribution is -2.65. The summed E-state index contributed by atoms with van der Waals surface area (Å²) in [5, 5.41) is 3.24. The number of ether oxygens (including phenoxy) is 2. The highest BCUT2D eigenvalue weighted by molar-refractivity contribution is 5.79. The van der Waals surface area contributed by atoms with E-state index < -0.39 is 0 Å². The topological polar surface area (TPSA) is 47.6 Å². The van der Waals surface area contributed by atoms with Crippen molar-refractivity contribution in [2.75, 3.05) is 19.8 Å². The van der Waals surface area contributed by atoms with Crippen LogP contribution in [0.3, 0.4) is 0 Å². The SMILES string of the molecule is CCO[C@@H]1C[C@@H](NC(=O)[C@@H]2CCOC2)C1(CC)CC. The molecule has 110 valence electrons. The molecular formula is C15H27NO3. The zero-order valence-electron chi connectivity index (χ0n) is 12.4. The van der Waals surface area contributed by atoms with Crippen molar-refractivity contribution >= 4 is 5.91 Å². The predicted molar refractivity (Wildman–Crippen MR) is 73.9 cm³/mol. The number of rotatable bonds is 6. The summed E-state index contributed by atoms with van der Waals surface area (Å²) in [6.45, 7) is 8.50. The fourth-order valence-electron chi connectivity index (χ4n) is 3.61. The van der Waals surface area contributed by atoms with Crippen molar-refractivity contribution in [3.63, 3.8) is 0 Å². The maximum absolute atomic E-state index is 12.2. The first kappa shape index (κ1) is 14.8.